The number of halogens is 1. The molecule has 0 spiro atoms. The first-order valence-corrected chi connectivity index (χ1v) is 5.85. The second-order valence-electron chi connectivity index (χ2n) is 4.40. The van der Waals surface area contributed by atoms with Gasteiger partial charge in [-0.15, -0.1) is 0 Å². The number of anilines is 1. The fourth-order valence-electron chi connectivity index (χ4n) is 1.81. The van der Waals surface area contributed by atoms with Crippen molar-refractivity contribution in [1.29, 1.82) is 0 Å². The van der Waals surface area contributed by atoms with Crippen molar-refractivity contribution in [2.45, 2.75) is 20.4 Å². The molecule has 3 heteroatoms. The highest BCUT2D eigenvalue weighted by atomic mass is 19.1. The van der Waals surface area contributed by atoms with E-state index < -0.39 is 0 Å². The Labute approximate surface area is 106 Å². The fourth-order valence-corrected chi connectivity index (χ4v) is 1.81. The van der Waals surface area contributed by atoms with E-state index in [-0.39, 0.29) is 5.82 Å². The molecule has 0 aromatic heterocycles. The van der Waals surface area contributed by atoms with Crippen LogP contribution < -0.4 is 5.32 Å². The molecule has 94 valence electrons. The van der Waals surface area contributed by atoms with E-state index in [0.717, 1.165) is 16.8 Å². The minimum Gasteiger partial charge on any atom is -0.507 e. The molecule has 0 saturated heterocycles. The number of aromatic hydroxyl groups is 1. The molecule has 0 fully saturated rings. The Morgan fingerprint density at radius 3 is 2.61 bits per heavy atom. The van der Waals surface area contributed by atoms with Crippen molar-refractivity contribution >= 4 is 5.69 Å². The maximum atomic E-state index is 13.1. The van der Waals surface area contributed by atoms with E-state index >= 15 is 0 Å². The number of aryl methyl sites for hydroxylation is 2. The molecule has 0 atom stereocenters. The molecular formula is C15H16FNO. The largest absolute Gasteiger partial charge is 0.507 e. The Hall–Kier alpha value is -2.03. The topological polar surface area (TPSA) is 32.3 Å². The molecule has 0 radical (unpaired) electrons. The Balaban J connectivity index is 2.11. The first kappa shape index (κ1) is 12.4. The van der Waals surface area contributed by atoms with Gasteiger partial charge in [0.15, 0.2) is 0 Å². The molecule has 0 aliphatic heterocycles. The molecule has 0 bridgehead atoms. The van der Waals surface area contributed by atoms with Crippen LogP contribution >= 0.6 is 0 Å². The van der Waals surface area contributed by atoms with Gasteiger partial charge < -0.3 is 10.4 Å². The van der Waals surface area contributed by atoms with Gasteiger partial charge in [0.1, 0.15) is 11.6 Å². The summed E-state index contributed by atoms with van der Waals surface area (Å²) in [5, 5.41) is 13.0. The third-order valence-electron chi connectivity index (χ3n) is 2.96. The van der Waals surface area contributed by atoms with Crippen molar-refractivity contribution in [3.8, 4) is 5.75 Å². The molecule has 0 aliphatic carbocycles. The van der Waals surface area contributed by atoms with E-state index in [4.69, 9.17) is 0 Å². The lowest BCUT2D eigenvalue weighted by Gasteiger charge is -2.10. The van der Waals surface area contributed by atoms with E-state index in [0.29, 0.717) is 17.9 Å². The molecule has 0 saturated carbocycles. The number of phenols is 1. The van der Waals surface area contributed by atoms with Crippen LogP contribution in [0, 0.1) is 19.7 Å². The Bertz CT molecular complexity index is 566. The highest BCUT2D eigenvalue weighted by Gasteiger charge is 2.04. The van der Waals surface area contributed by atoms with Crippen molar-refractivity contribution in [2.24, 2.45) is 0 Å². The van der Waals surface area contributed by atoms with Crippen molar-refractivity contribution < 1.29 is 9.50 Å². The Kier molecular flexibility index (Phi) is 3.51. The Morgan fingerprint density at radius 2 is 1.89 bits per heavy atom. The molecule has 2 aromatic carbocycles. The molecule has 0 amide bonds. The van der Waals surface area contributed by atoms with E-state index in [9.17, 15) is 9.50 Å². The highest BCUT2D eigenvalue weighted by Crippen LogP contribution is 2.22. The van der Waals surface area contributed by atoms with E-state index in [1.165, 1.54) is 6.07 Å². The molecule has 2 aromatic rings. The van der Waals surface area contributed by atoms with Gasteiger partial charge in [0, 0.05) is 17.8 Å². The zero-order chi connectivity index (χ0) is 13.1. The van der Waals surface area contributed by atoms with Crippen LogP contribution in [-0.2, 0) is 6.54 Å². The molecule has 2 nitrogen and oxygen atoms in total. The van der Waals surface area contributed by atoms with E-state index in [2.05, 4.69) is 5.32 Å². The van der Waals surface area contributed by atoms with Gasteiger partial charge in [0.05, 0.1) is 0 Å². The summed E-state index contributed by atoms with van der Waals surface area (Å²) in [5.74, 6) is 0.0998. The minimum atomic E-state index is -0.209. The van der Waals surface area contributed by atoms with Gasteiger partial charge in [-0.05, 0) is 43.2 Å². The molecule has 2 rings (SSSR count). The molecular weight excluding hydrogens is 229 g/mol. The van der Waals surface area contributed by atoms with Crippen LogP contribution in [0.1, 0.15) is 16.7 Å². The normalized spacial score (nSPS) is 10.4. The van der Waals surface area contributed by atoms with Gasteiger partial charge >= 0.3 is 0 Å². The third kappa shape index (κ3) is 2.62. The summed E-state index contributed by atoms with van der Waals surface area (Å²) in [5.41, 5.74) is 3.13. The number of hydrogen-bond acceptors (Lipinski definition) is 2. The predicted octanol–water partition coefficient (Wildman–Crippen LogP) is 3.76. The maximum absolute atomic E-state index is 13.1. The third-order valence-corrected chi connectivity index (χ3v) is 2.96. The zero-order valence-electron chi connectivity index (χ0n) is 10.5. The number of hydrogen-bond donors (Lipinski definition) is 2. The van der Waals surface area contributed by atoms with Gasteiger partial charge in [0.2, 0.25) is 0 Å². The van der Waals surface area contributed by atoms with Crippen LogP contribution in [0.15, 0.2) is 36.4 Å². The fraction of sp³-hybridized carbons (Fsp3) is 0.200. The first-order chi connectivity index (χ1) is 8.58. The number of para-hydroxylation sites is 1. The van der Waals surface area contributed by atoms with Crippen LogP contribution in [0.3, 0.4) is 0 Å². The summed E-state index contributed by atoms with van der Waals surface area (Å²) >= 11 is 0. The Morgan fingerprint density at radius 1 is 1.11 bits per heavy atom. The average molecular weight is 245 g/mol. The quantitative estimate of drug-likeness (QED) is 0.863. The smallest absolute Gasteiger partial charge is 0.126 e. The molecule has 2 N–H and O–H groups in total. The summed E-state index contributed by atoms with van der Waals surface area (Å²) in [6.45, 7) is 4.10. The summed E-state index contributed by atoms with van der Waals surface area (Å²) in [7, 11) is 0. The molecule has 18 heavy (non-hydrogen) atoms. The molecule has 0 unspecified atom stereocenters. The summed E-state index contributed by atoms with van der Waals surface area (Å²) in [4.78, 5) is 0. The van der Waals surface area contributed by atoms with Gasteiger partial charge in [-0.1, -0.05) is 18.2 Å². The maximum Gasteiger partial charge on any atom is 0.126 e. The average Bonchev–Trinajstić information content (AvgIpc) is 2.35. The predicted molar refractivity (Wildman–Crippen MR) is 71.3 cm³/mol. The lowest BCUT2D eigenvalue weighted by molar-refractivity contribution is 0.465. The van der Waals surface area contributed by atoms with Crippen molar-refractivity contribution in [3.63, 3.8) is 0 Å². The summed E-state index contributed by atoms with van der Waals surface area (Å²) in [6, 6.07) is 10.5. The number of nitrogens with one attached hydrogen (secondary N) is 1. The van der Waals surface area contributed by atoms with Crippen LogP contribution in [0.2, 0.25) is 0 Å². The van der Waals surface area contributed by atoms with Crippen LogP contribution in [0.25, 0.3) is 0 Å². The number of rotatable bonds is 3. The lowest BCUT2D eigenvalue weighted by atomic mass is 10.1. The SMILES string of the molecule is Cc1cc(NCc2cccc(C)c2O)ccc1F. The second-order valence-corrected chi connectivity index (χ2v) is 4.40. The molecule has 0 aliphatic rings. The van der Waals surface area contributed by atoms with Crippen LogP contribution in [0.5, 0.6) is 5.75 Å². The zero-order valence-corrected chi connectivity index (χ0v) is 10.5. The van der Waals surface area contributed by atoms with Gasteiger partial charge in [-0.2, -0.15) is 0 Å². The monoisotopic (exact) mass is 245 g/mol. The first-order valence-electron chi connectivity index (χ1n) is 5.85. The summed E-state index contributed by atoms with van der Waals surface area (Å²) in [6.07, 6.45) is 0. The van der Waals surface area contributed by atoms with Crippen molar-refractivity contribution in [1.82, 2.24) is 0 Å². The second kappa shape index (κ2) is 5.08. The van der Waals surface area contributed by atoms with Crippen LogP contribution in [-0.4, -0.2) is 5.11 Å². The molecule has 0 heterocycles. The van der Waals surface area contributed by atoms with Gasteiger partial charge in [0.25, 0.3) is 0 Å². The number of benzene rings is 2. The number of phenolic OH excluding ortho intramolecular Hbond substituents is 1. The summed E-state index contributed by atoms with van der Waals surface area (Å²) < 4.78 is 13.1. The lowest BCUT2D eigenvalue weighted by Crippen LogP contribution is -2.00. The standard InChI is InChI=1S/C15H16FNO/c1-10-4-3-5-12(15(10)18)9-17-13-6-7-14(16)11(2)8-13/h3-8,17-18H,9H2,1-2H3. The highest BCUT2D eigenvalue weighted by molar-refractivity contribution is 5.48. The van der Waals surface area contributed by atoms with E-state index in [1.807, 2.05) is 25.1 Å². The van der Waals surface area contributed by atoms with Crippen molar-refractivity contribution in [3.05, 3.63) is 58.9 Å². The van der Waals surface area contributed by atoms with Gasteiger partial charge in [-0.25, -0.2) is 4.39 Å². The van der Waals surface area contributed by atoms with Crippen LogP contribution in [0.4, 0.5) is 10.1 Å². The van der Waals surface area contributed by atoms with E-state index in [1.54, 1.807) is 19.1 Å². The van der Waals surface area contributed by atoms with Crippen molar-refractivity contribution in [2.75, 3.05) is 5.32 Å². The minimum absolute atomic E-state index is 0.209. The van der Waals surface area contributed by atoms with Gasteiger partial charge in [-0.3, -0.25) is 0 Å².